The lowest BCUT2D eigenvalue weighted by Crippen LogP contribution is -2.15. The second kappa shape index (κ2) is 10.1. The van der Waals surface area contributed by atoms with Crippen LogP contribution < -0.4 is 9.47 Å². The van der Waals surface area contributed by atoms with Crippen LogP contribution in [0.4, 0.5) is 0 Å². The summed E-state index contributed by atoms with van der Waals surface area (Å²) < 4.78 is 16.2. The fourth-order valence-electron chi connectivity index (χ4n) is 2.87. The van der Waals surface area contributed by atoms with Gasteiger partial charge < -0.3 is 14.2 Å². The first-order valence-electron chi connectivity index (χ1n) is 9.43. The Morgan fingerprint density at radius 2 is 1.62 bits per heavy atom. The fourth-order valence-corrected chi connectivity index (χ4v) is 2.87. The first-order valence-corrected chi connectivity index (χ1v) is 9.43. The third-order valence-corrected chi connectivity index (χ3v) is 4.35. The monoisotopic (exact) mass is 388 g/mol. The van der Waals surface area contributed by atoms with Gasteiger partial charge >= 0.3 is 5.97 Å². The van der Waals surface area contributed by atoms with Crippen molar-refractivity contribution in [1.82, 2.24) is 0 Å². The molecule has 0 fully saturated rings. The highest BCUT2D eigenvalue weighted by molar-refractivity contribution is 5.71. The summed E-state index contributed by atoms with van der Waals surface area (Å²) in [4.78, 5) is 12.0. The van der Waals surface area contributed by atoms with Crippen molar-refractivity contribution in [2.75, 3.05) is 13.7 Å². The smallest absolute Gasteiger partial charge is 0.344 e. The molecule has 3 aromatic carbocycles. The van der Waals surface area contributed by atoms with E-state index in [4.69, 9.17) is 14.2 Å². The molecule has 4 nitrogen and oxygen atoms in total. The minimum Gasteiger partial charge on any atom is -0.493 e. The van der Waals surface area contributed by atoms with Crippen LogP contribution in [0.1, 0.15) is 18.1 Å². The number of carbonyl (C=O) groups is 1. The van der Waals surface area contributed by atoms with E-state index in [1.54, 1.807) is 13.2 Å². The molecule has 0 N–H and O–H groups in total. The molecule has 0 aliphatic rings. The largest absolute Gasteiger partial charge is 0.493 e. The summed E-state index contributed by atoms with van der Waals surface area (Å²) in [5.74, 6) is 0.645. The van der Waals surface area contributed by atoms with Crippen LogP contribution in [0.2, 0.25) is 0 Å². The zero-order valence-corrected chi connectivity index (χ0v) is 16.6. The summed E-state index contributed by atoms with van der Waals surface area (Å²) in [5, 5.41) is 0. The Hall–Kier alpha value is -3.53. The Balaban J connectivity index is 1.51. The Morgan fingerprint density at radius 3 is 2.31 bits per heavy atom. The summed E-state index contributed by atoms with van der Waals surface area (Å²) in [6.45, 7) is 1.97. The van der Waals surface area contributed by atoms with Gasteiger partial charge in [-0.1, -0.05) is 72.8 Å². The molecule has 29 heavy (non-hydrogen) atoms. The number of ether oxygens (including phenoxy) is 3. The van der Waals surface area contributed by atoms with Crippen LogP contribution in [0.5, 0.6) is 11.5 Å². The number of allylic oxidation sites excluding steroid dienone is 1. The molecule has 0 aliphatic heterocycles. The number of hydrogen-bond acceptors (Lipinski definition) is 4. The van der Waals surface area contributed by atoms with Gasteiger partial charge in [-0.3, -0.25) is 0 Å². The fraction of sp³-hybridized carbons (Fsp3) is 0.160. The van der Waals surface area contributed by atoms with Gasteiger partial charge in [-0.05, 0) is 41.3 Å². The molecule has 3 rings (SSSR count). The van der Waals surface area contributed by atoms with E-state index in [-0.39, 0.29) is 13.2 Å². The summed E-state index contributed by atoms with van der Waals surface area (Å²) in [7, 11) is 1.57. The molecule has 0 bridgehead atoms. The molecule has 4 heteroatoms. The van der Waals surface area contributed by atoms with Gasteiger partial charge in [0, 0.05) is 0 Å². The SMILES string of the molecule is C/C=C/c1ccc(OCC(=O)OCc2ccc(-c3ccccc3)cc2)c(OC)c1. The summed E-state index contributed by atoms with van der Waals surface area (Å²) in [6, 6.07) is 23.6. The topological polar surface area (TPSA) is 44.8 Å². The summed E-state index contributed by atoms with van der Waals surface area (Å²) in [5.41, 5.74) is 4.20. The molecular weight excluding hydrogens is 364 g/mol. The maximum absolute atomic E-state index is 12.0. The number of esters is 1. The molecule has 0 radical (unpaired) electrons. The van der Waals surface area contributed by atoms with E-state index in [2.05, 4.69) is 12.1 Å². The van der Waals surface area contributed by atoms with Gasteiger partial charge in [-0.2, -0.15) is 0 Å². The third-order valence-electron chi connectivity index (χ3n) is 4.35. The molecular formula is C25H24O4. The van der Waals surface area contributed by atoms with Crippen LogP contribution in [-0.4, -0.2) is 19.7 Å². The van der Waals surface area contributed by atoms with Crippen molar-refractivity contribution < 1.29 is 19.0 Å². The first-order chi connectivity index (χ1) is 14.2. The molecule has 3 aromatic rings. The average Bonchev–Trinajstić information content (AvgIpc) is 2.78. The molecule has 0 amide bonds. The Kier molecular flexibility index (Phi) is 7.06. The predicted molar refractivity (Wildman–Crippen MR) is 115 cm³/mol. The molecule has 0 aromatic heterocycles. The lowest BCUT2D eigenvalue weighted by Gasteiger charge is -2.11. The van der Waals surface area contributed by atoms with E-state index in [1.165, 1.54) is 0 Å². The van der Waals surface area contributed by atoms with Crippen molar-refractivity contribution in [3.05, 3.63) is 90.0 Å². The van der Waals surface area contributed by atoms with E-state index in [9.17, 15) is 4.79 Å². The van der Waals surface area contributed by atoms with Crippen LogP contribution in [0.3, 0.4) is 0 Å². The van der Waals surface area contributed by atoms with Gasteiger partial charge in [0.2, 0.25) is 0 Å². The van der Waals surface area contributed by atoms with E-state index < -0.39 is 5.97 Å². The minimum atomic E-state index is -0.434. The number of hydrogen-bond donors (Lipinski definition) is 0. The van der Waals surface area contributed by atoms with Gasteiger partial charge in [0.05, 0.1) is 7.11 Å². The van der Waals surface area contributed by atoms with E-state index >= 15 is 0 Å². The number of rotatable bonds is 8. The van der Waals surface area contributed by atoms with E-state index in [0.717, 1.165) is 22.3 Å². The van der Waals surface area contributed by atoms with Gasteiger partial charge in [0.1, 0.15) is 6.61 Å². The summed E-state index contributed by atoms with van der Waals surface area (Å²) >= 11 is 0. The van der Waals surface area contributed by atoms with Gasteiger partial charge in [0.15, 0.2) is 18.1 Å². The quantitative estimate of drug-likeness (QED) is 0.477. The highest BCUT2D eigenvalue weighted by Gasteiger charge is 2.09. The zero-order valence-electron chi connectivity index (χ0n) is 16.6. The second-order valence-electron chi connectivity index (χ2n) is 6.42. The van der Waals surface area contributed by atoms with Crippen LogP contribution in [0, 0.1) is 0 Å². The van der Waals surface area contributed by atoms with Crippen molar-refractivity contribution in [2.24, 2.45) is 0 Å². The highest BCUT2D eigenvalue weighted by atomic mass is 16.6. The van der Waals surface area contributed by atoms with Crippen LogP contribution in [0.25, 0.3) is 17.2 Å². The van der Waals surface area contributed by atoms with Crippen molar-refractivity contribution >= 4 is 12.0 Å². The molecule has 0 atom stereocenters. The maximum atomic E-state index is 12.0. The minimum absolute atomic E-state index is 0.179. The molecule has 0 unspecified atom stereocenters. The molecule has 0 saturated carbocycles. The highest BCUT2D eigenvalue weighted by Crippen LogP contribution is 2.28. The standard InChI is InChI=1S/C25H24O4/c1-3-7-19-12-15-23(24(16-19)27-2)28-18-25(26)29-17-20-10-13-22(14-11-20)21-8-5-4-6-9-21/h3-16H,17-18H2,1-2H3/b7-3+. The van der Waals surface area contributed by atoms with Gasteiger partial charge in [-0.15, -0.1) is 0 Å². The van der Waals surface area contributed by atoms with Crippen LogP contribution >= 0.6 is 0 Å². The lowest BCUT2D eigenvalue weighted by molar-refractivity contribution is -0.147. The van der Waals surface area contributed by atoms with Crippen molar-refractivity contribution in [2.45, 2.75) is 13.5 Å². The molecule has 0 saturated heterocycles. The Bertz CT molecular complexity index is 960. The van der Waals surface area contributed by atoms with Crippen molar-refractivity contribution in [1.29, 1.82) is 0 Å². The molecule has 0 spiro atoms. The predicted octanol–water partition coefficient (Wildman–Crippen LogP) is 5.52. The normalized spacial score (nSPS) is 10.7. The number of methoxy groups -OCH3 is 1. The molecule has 0 heterocycles. The third kappa shape index (κ3) is 5.72. The maximum Gasteiger partial charge on any atom is 0.344 e. The lowest BCUT2D eigenvalue weighted by atomic mass is 10.0. The number of carbonyl (C=O) groups excluding carboxylic acids is 1. The second-order valence-corrected chi connectivity index (χ2v) is 6.42. The molecule has 0 aliphatic carbocycles. The Morgan fingerprint density at radius 1 is 0.897 bits per heavy atom. The molecule has 148 valence electrons. The Labute approximate surface area is 171 Å². The average molecular weight is 388 g/mol. The van der Waals surface area contributed by atoms with Crippen LogP contribution in [0.15, 0.2) is 78.9 Å². The van der Waals surface area contributed by atoms with Crippen molar-refractivity contribution in [3.8, 4) is 22.6 Å². The van der Waals surface area contributed by atoms with Gasteiger partial charge in [-0.25, -0.2) is 4.79 Å². The number of benzene rings is 3. The van der Waals surface area contributed by atoms with E-state index in [0.29, 0.717) is 11.5 Å². The zero-order chi connectivity index (χ0) is 20.5. The van der Waals surface area contributed by atoms with Gasteiger partial charge in [0.25, 0.3) is 0 Å². The summed E-state index contributed by atoms with van der Waals surface area (Å²) in [6.07, 6.45) is 3.91. The first kappa shape index (κ1) is 20.2. The van der Waals surface area contributed by atoms with Crippen molar-refractivity contribution in [3.63, 3.8) is 0 Å². The van der Waals surface area contributed by atoms with E-state index in [1.807, 2.05) is 73.7 Å². The van der Waals surface area contributed by atoms with Crippen LogP contribution in [-0.2, 0) is 16.1 Å².